The molecule has 1 fully saturated rings. The summed E-state index contributed by atoms with van der Waals surface area (Å²) in [5.74, 6) is -0.440. The lowest BCUT2D eigenvalue weighted by Gasteiger charge is -2.22. The molecule has 1 aromatic carbocycles. The van der Waals surface area contributed by atoms with Gasteiger partial charge >= 0.3 is 0 Å². The van der Waals surface area contributed by atoms with E-state index in [2.05, 4.69) is 5.32 Å². The van der Waals surface area contributed by atoms with Crippen LogP contribution in [0.5, 0.6) is 17.2 Å². The van der Waals surface area contributed by atoms with E-state index in [4.69, 9.17) is 9.47 Å². The Balaban J connectivity index is 2.06. The van der Waals surface area contributed by atoms with E-state index >= 15 is 0 Å². The van der Waals surface area contributed by atoms with Gasteiger partial charge in [-0.15, -0.1) is 0 Å². The minimum absolute atomic E-state index is 0.0310. The number of phenols is 1. The van der Waals surface area contributed by atoms with Crippen molar-refractivity contribution in [1.82, 2.24) is 5.32 Å². The molecular weight excluding hydrogens is 225 g/mol. The first kappa shape index (κ1) is 10.7. The second-order valence-corrected chi connectivity index (χ2v) is 4.34. The molecule has 1 atom stereocenters. The van der Waals surface area contributed by atoms with Crippen LogP contribution in [0.25, 0.3) is 0 Å². The first-order valence-corrected chi connectivity index (χ1v) is 5.79. The highest BCUT2D eigenvalue weighted by molar-refractivity contribution is 5.53. The van der Waals surface area contributed by atoms with Crippen LogP contribution < -0.4 is 14.8 Å². The van der Waals surface area contributed by atoms with E-state index in [0.29, 0.717) is 24.5 Å². The van der Waals surface area contributed by atoms with Crippen LogP contribution in [0.1, 0.15) is 17.9 Å². The molecule has 1 unspecified atom stereocenters. The van der Waals surface area contributed by atoms with Crippen LogP contribution in [0.4, 0.5) is 4.39 Å². The van der Waals surface area contributed by atoms with Crippen LogP contribution in [0.15, 0.2) is 6.07 Å². The molecule has 0 amide bonds. The lowest BCUT2D eigenvalue weighted by Crippen LogP contribution is -2.17. The van der Waals surface area contributed by atoms with E-state index in [1.54, 1.807) is 6.07 Å². The molecule has 0 bridgehead atoms. The summed E-state index contributed by atoms with van der Waals surface area (Å²) in [7, 11) is 0. The van der Waals surface area contributed by atoms with E-state index in [0.717, 1.165) is 19.5 Å². The Labute approximate surface area is 98.3 Å². The van der Waals surface area contributed by atoms with Crippen LogP contribution in [0, 0.1) is 5.82 Å². The third-order valence-electron chi connectivity index (χ3n) is 3.28. The minimum atomic E-state index is -0.705. The second kappa shape index (κ2) is 4.07. The average Bonchev–Trinajstić information content (AvgIpc) is 2.87. The summed E-state index contributed by atoms with van der Waals surface area (Å²) >= 11 is 0. The van der Waals surface area contributed by atoms with E-state index in [9.17, 15) is 9.50 Å². The van der Waals surface area contributed by atoms with Crippen molar-refractivity contribution in [2.24, 2.45) is 0 Å². The van der Waals surface area contributed by atoms with Crippen molar-refractivity contribution in [3.63, 3.8) is 0 Å². The Kier molecular flexibility index (Phi) is 2.55. The monoisotopic (exact) mass is 239 g/mol. The highest BCUT2D eigenvalue weighted by Gasteiger charge is 2.28. The third-order valence-corrected chi connectivity index (χ3v) is 3.28. The van der Waals surface area contributed by atoms with Crippen LogP contribution in [0.3, 0.4) is 0 Å². The van der Waals surface area contributed by atoms with Crippen molar-refractivity contribution in [1.29, 1.82) is 0 Å². The van der Waals surface area contributed by atoms with Crippen LogP contribution in [-0.2, 0) is 0 Å². The quantitative estimate of drug-likeness (QED) is 0.777. The van der Waals surface area contributed by atoms with Crippen molar-refractivity contribution >= 4 is 0 Å². The van der Waals surface area contributed by atoms with Crippen molar-refractivity contribution in [2.75, 3.05) is 26.3 Å². The predicted octanol–water partition coefficient (Wildman–Crippen LogP) is 1.38. The molecule has 2 N–H and O–H groups in total. The summed E-state index contributed by atoms with van der Waals surface area (Å²) < 4.78 is 24.5. The largest absolute Gasteiger partial charge is 0.505 e. The first-order valence-electron chi connectivity index (χ1n) is 5.79. The highest BCUT2D eigenvalue weighted by Crippen LogP contribution is 2.43. The summed E-state index contributed by atoms with van der Waals surface area (Å²) in [4.78, 5) is 0. The van der Waals surface area contributed by atoms with Crippen LogP contribution in [-0.4, -0.2) is 31.4 Å². The summed E-state index contributed by atoms with van der Waals surface area (Å²) in [6.45, 7) is 2.38. The van der Waals surface area contributed by atoms with Crippen molar-refractivity contribution in [2.45, 2.75) is 12.3 Å². The van der Waals surface area contributed by atoms with Crippen molar-refractivity contribution in [3.05, 3.63) is 17.4 Å². The number of phenolic OH excluding ortho intramolecular Hbond substituents is 1. The lowest BCUT2D eigenvalue weighted by atomic mass is 9.96. The first-order chi connectivity index (χ1) is 8.27. The molecule has 0 aromatic heterocycles. The number of hydrogen-bond acceptors (Lipinski definition) is 4. The number of aromatic hydroxyl groups is 1. The molecule has 1 saturated heterocycles. The third kappa shape index (κ3) is 1.70. The molecule has 0 spiro atoms. The SMILES string of the molecule is Oc1c(C2CCNC2)cc2c(c1F)OCCO2. The lowest BCUT2D eigenvalue weighted by molar-refractivity contribution is 0.162. The fourth-order valence-electron chi connectivity index (χ4n) is 2.39. The molecule has 2 aliphatic rings. The van der Waals surface area contributed by atoms with E-state index in [1.165, 1.54) is 0 Å². The Hall–Kier alpha value is -1.49. The van der Waals surface area contributed by atoms with Gasteiger partial charge in [0, 0.05) is 18.0 Å². The van der Waals surface area contributed by atoms with E-state index in [-0.39, 0.29) is 17.4 Å². The normalized spacial score (nSPS) is 22.8. The Morgan fingerprint density at radius 1 is 1.35 bits per heavy atom. The van der Waals surface area contributed by atoms with Gasteiger partial charge in [-0.25, -0.2) is 0 Å². The smallest absolute Gasteiger partial charge is 0.210 e. The molecule has 0 aliphatic carbocycles. The van der Waals surface area contributed by atoms with E-state index < -0.39 is 5.82 Å². The van der Waals surface area contributed by atoms with Gasteiger partial charge < -0.3 is 19.9 Å². The van der Waals surface area contributed by atoms with Gasteiger partial charge in [0.25, 0.3) is 0 Å². The summed E-state index contributed by atoms with van der Waals surface area (Å²) in [6, 6.07) is 1.70. The number of rotatable bonds is 1. The van der Waals surface area contributed by atoms with Gasteiger partial charge in [0.15, 0.2) is 11.5 Å². The summed E-state index contributed by atoms with van der Waals surface area (Å²) in [5.41, 5.74) is 0.608. The number of nitrogens with one attached hydrogen (secondary N) is 1. The average molecular weight is 239 g/mol. The fourth-order valence-corrected chi connectivity index (χ4v) is 2.39. The van der Waals surface area contributed by atoms with Crippen molar-refractivity contribution < 1.29 is 19.0 Å². The van der Waals surface area contributed by atoms with E-state index in [1.807, 2.05) is 0 Å². The Morgan fingerprint density at radius 3 is 2.94 bits per heavy atom. The number of benzene rings is 1. The Morgan fingerprint density at radius 2 is 2.18 bits per heavy atom. The minimum Gasteiger partial charge on any atom is -0.505 e. The topological polar surface area (TPSA) is 50.7 Å². The number of fused-ring (bicyclic) bond motifs is 1. The summed E-state index contributed by atoms with van der Waals surface area (Å²) in [5, 5.41) is 13.1. The molecule has 5 heteroatoms. The number of hydrogen-bond donors (Lipinski definition) is 2. The number of halogens is 1. The van der Waals surface area contributed by atoms with Crippen LogP contribution >= 0.6 is 0 Å². The fraction of sp³-hybridized carbons (Fsp3) is 0.500. The molecule has 92 valence electrons. The van der Waals surface area contributed by atoms with Crippen molar-refractivity contribution in [3.8, 4) is 17.2 Å². The molecular formula is C12H14FNO3. The molecule has 2 aliphatic heterocycles. The Bertz CT molecular complexity index is 444. The maximum absolute atomic E-state index is 13.9. The molecule has 17 heavy (non-hydrogen) atoms. The molecule has 4 nitrogen and oxygen atoms in total. The van der Waals surface area contributed by atoms with Gasteiger partial charge in [-0.3, -0.25) is 0 Å². The van der Waals surface area contributed by atoms with Gasteiger partial charge in [0.1, 0.15) is 13.2 Å². The zero-order valence-electron chi connectivity index (χ0n) is 9.33. The number of ether oxygens (including phenoxy) is 2. The second-order valence-electron chi connectivity index (χ2n) is 4.34. The maximum atomic E-state index is 13.9. The van der Waals surface area contributed by atoms with Gasteiger partial charge in [-0.1, -0.05) is 0 Å². The molecule has 2 heterocycles. The molecule has 3 rings (SSSR count). The maximum Gasteiger partial charge on any atom is 0.210 e. The standard InChI is InChI=1S/C12H14FNO3/c13-10-11(15)8(7-1-2-14-6-7)5-9-12(10)17-4-3-16-9/h5,7,14-15H,1-4,6H2. The molecule has 0 saturated carbocycles. The predicted molar refractivity (Wildman–Crippen MR) is 59.3 cm³/mol. The molecule has 0 radical (unpaired) electrons. The molecule has 1 aromatic rings. The summed E-state index contributed by atoms with van der Waals surface area (Å²) in [6.07, 6.45) is 0.895. The zero-order chi connectivity index (χ0) is 11.8. The van der Waals surface area contributed by atoms with Gasteiger partial charge in [-0.2, -0.15) is 4.39 Å². The zero-order valence-corrected chi connectivity index (χ0v) is 9.33. The van der Waals surface area contributed by atoms with Gasteiger partial charge in [0.05, 0.1) is 0 Å². The van der Waals surface area contributed by atoms with Gasteiger partial charge in [-0.05, 0) is 19.0 Å². The van der Waals surface area contributed by atoms with Crippen LogP contribution in [0.2, 0.25) is 0 Å². The van der Waals surface area contributed by atoms with Gasteiger partial charge in [0.2, 0.25) is 11.6 Å². The highest BCUT2D eigenvalue weighted by atomic mass is 19.1.